The number of ether oxygens (including phenoxy) is 1. The summed E-state index contributed by atoms with van der Waals surface area (Å²) in [5.41, 5.74) is 12.6. The SMILES string of the molecule is CC1(C)c2cc(-c3cc4c5c(cccc5c3)-c3cc(-c5ccccc5)ccc3O4)ccc2-c2cc3ccccc3cc21. The van der Waals surface area contributed by atoms with E-state index in [9.17, 15) is 0 Å². The van der Waals surface area contributed by atoms with Crippen molar-refractivity contribution in [3.05, 3.63) is 145 Å². The third-order valence-corrected chi connectivity index (χ3v) is 9.41. The van der Waals surface area contributed by atoms with Gasteiger partial charge < -0.3 is 4.74 Å². The lowest BCUT2D eigenvalue weighted by atomic mass is 9.81. The zero-order chi connectivity index (χ0) is 28.0. The summed E-state index contributed by atoms with van der Waals surface area (Å²) >= 11 is 0. The number of hydrogen-bond acceptors (Lipinski definition) is 1. The molecule has 0 aromatic heterocycles. The van der Waals surface area contributed by atoms with E-state index in [1.54, 1.807) is 0 Å². The Hall–Kier alpha value is -5.14. The topological polar surface area (TPSA) is 9.23 Å². The maximum atomic E-state index is 6.63. The lowest BCUT2D eigenvalue weighted by Crippen LogP contribution is -2.15. The third kappa shape index (κ3) is 3.31. The summed E-state index contributed by atoms with van der Waals surface area (Å²) < 4.78 is 6.63. The standard InChI is InChI=1S/C41H28O/c1-41(2)36-23-29(15-17-32(36)34-20-26-11-6-7-12-27(26)22-37(34)41)31-19-30-13-8-14-33-35-21-28(25-9-4-3-5-10-25)16-18-38(35)42-39(24-31)40(30)33/h3-24H,1-2H3. The van der Waals surface area contributed by atoms with E-state index in [1.807, 2.05) is 0 Å². The Balaban J connectivity index is 1.18. The van der Waals surface area contributed by atoms with Crippen molar-refractivity contribution in [2.75, 3.05) is 0 Å². The summed E-state index contributed by atoms with van der Waals surface area (Å²) in [5, 5.41) is 4.97. The molecule has 42 heavy (non-hydrogen) atoms. The number of benzene rings is 7. The Morgan fingerprint density at radius 3 is 1.98 bits per heavy atom. The molecular formula is C41H28O. The average Bonchev–Trinajstić information content (AvgIpc) is 3.25. The van der Waals surface area contributed by atoms with Crippen molar-refractivity contribution in [3.8, 4) is 56.0 Å². The van der Waals surface area contributed by atoms with Crippen molar-refractivity contribution < 1.29 is 4.74 Å². The van der Waals surface area contributed by atoms with Gasteiger partial charge in [0.2, 0.25) is 0 Å². The molecular weight excluding hydrogens is 508 g/mol. The Morgan fingerprint density at radius 1 is 0.405 bits per heavy atom. The van der Waals surface area contributed by atoms with Gasteiger partial charge in [0.1, 0.15) is 11.5 Å². The van der Waals surface area contributed by atoms with E-state index in [0.717, 1.165) is 17.1 Å². The molecule has 1 aliphatic heterocycles. The third-order valence-electron chi connectivity index (χ3n) is 9.41. The first-order valence-corrected chi connectivity index (χ1v) is 14.7. The van der Waals surface area contributed by atoms with E-state index in [0.29, 0.717) is 0 Å². The van der Waals surface area contributed by atoms with Crippen LogP contribution >= 0.6 is 0 Å². The quantitative estimate of drug-likeness (QED) is 0.213. The highest BCUT2D eigenvalue weighted by Gasteiger charge is 2.36. The minimum absolute atomic E-state index is 0.0745. The molecule has 9 rings (SSSR count). The molecule has 0 spiro atoms. The fraction of sp³-hybridized carbons (Fsp3) is 0.0732. The molecule has 0 bridgehead atoms. The van der Waals surface area contributed by atoms with E-state index in [4.69, 9.17) is 4.74 Å². The van der Waals surface area contributed by atoms with Crippen LogP contribution in [0.25, 0.3) is 66.1 Å². The average molecular weight is 537 g/mol. The number of rotatable bonds is 2. The van der Waals surface area contributed by atoms with Gasteiger partial charge >= 0.3 is 0 Å². The Bertz CT molecular complexity index is 2240. The molecule has 7 aromatic rings. The first-order chi connectivity index (χ1) is 20.5. The zero-order valence-electron chi connectivity index (χ0n) is 23.6. The first-order valence-electron chi connectivity index (χ1n) is 14.7. The highest BCUT2D eigenvalue weighted by molar-refractivity contribution is 6.06. The van der Waals surface area contributed by atoms with Crippen LogP contribution in [0.2, 0.25) is 0 Å². The Morgan fingerprint density at radius 2 is 1.12 bits per heavy atom. The zero-order valence-corrected chi connectivity index (χ0v) is 23.6. The van der Waals surface area contributed by atoms with Gasteiger partial charge in [-0.1, -0.05) is 105 Å². The van der Waals surface area contributed by atoms with Crippen LogP contribution in [0.3, 0.4) is 0 Å². The smallest absolute Gasteiger partial charge is 0.136 e. The van der Waals surface area contributed by atoms with Gasteiger partial charge in [-0.25, -0.2) is 0 Å². The highest BCUT2D eigenvalue weighted by atomic mass is 16.5. The van der Waals surface area contributed by atoms with E-state index in [-0.39, 0.29) is 5.41 Å². The summed E-state index contributed by atoms with van der Waals surface area (Å²) in [4.78, 5) is 0. The van der Waals surface area contributed by atoms with Crippen LogP contribution in [0.15, 0.2) is 133 Å². The first kappa shape index (κ1) is 23.6. The van der Waals surface area contributed by atoms with Gasteiger partial charge in [0.15, 0.2) is 0 Å². The number of fused-ring (bicyclic) bond motifs is 6. The molecule has 0 saturated carbocycles. The molecule has 1 nitrogen and oxygen atoms in total. The molecule has 0 amide bonds. The molecule has 0 fully saturated rings. The summed E-state index contributed by atoms with van der Waals surface area (Å²) in [7, 11) is 0. The summed E-state index contributed by atoms with van der Waals surface area (Å²) in [6.07, 6.45) is 0. The molecule has 1 heterocycles. The van der Waals surface area contributed by atoms with Crippen LogP contribution in [0.1, 0.15) is 25.0 Å². The molecule has 198 valence electrons. The lowest BCUT2D eigenvalue weighted by Gasteiger charge is -2.24. The molecule has 7 aromatic carbocycles. The van der Waals surface area contributed by atoms with Crippen LogP contribution in [-0.2, 0) is 5.41 Å². The van der Waals surface area contributed by atoms with Crippen LogP contribution in [0.4, 0.5) is 0 Å². The largest absolute Gasteiger partial charge is 0.456 e. The second-order valence-corrected chi connectivity index (χ2v) is 12.2. The molecule has 0 N–H and O–H groups in total. The second kappa shape index (κ2) is 8.44. The van der Waals surface area contributed by atoms with Crippen LogP contribution in [0.5, 0.6) is 11.5 Å². The maximum Gasteiger partial charge on any atom is 0.136 e. The summed E-state index contributed by atoms with van der Waals surface area (Å²) in [6, 6.07) is 48.7. The molecule has 2 aliphatic rings. The molecule has 1 aliphatic carbocycles. The van der Waals surface area contributed by atoms with Gasteiger partial charge in [-0.2, -0.15) is 0 Å². The van der Waals surface area contributed by atoms with Gasteiger partial charge in [-0.3, -0.25) is 0 Å². The van der Waals surface area contributed by atoms with Crippen molar-refractivity contribution >= 4 is 21.5 Å². The van der Waals surface area contributed by atoms with Gasteiger partial charge in [0.05, 0.1) is 0 Å². The van der Waals surface area contributed by atoms with Crippen molar-refractivity contribution in [2.24, 2.45) is 0 Å². The summed E-state index contributed by atoms with van der Waals surface area (Å²) in [6.45, 7) is 4.72. The van der Waals surface area contributed by atoms with E-state index in [1.165, 1.54) is 71.6 Å². The molecule has 0 saturated heterocycles. The Labute approximate surface area is 245 Å². The van der Waals surface area contributed by atoms with E-state index >= 15 is 0 Å². The number of hydrogen-bond donors (Lipinski definition) is 0. The van der Waals surface area contributed by atoms with Gasteiger partial charge in [0.25, 0.3) is 0 Å². The maximum absolute atomic E-state index is 6.63. The normalized spacial score (nSPS) is 13.9. The minimum Gasteiger partial charge on any atom is -0.456 e. The molecule has 0 radical (unpaired) electrons. The molecule has 0 unspecified atom stereocenters. The fourth-order valence-electron chi connectivity index (χ4n) is 7.22. The predicted octanol–water partition coefficient (Wildman–Crippen LogP) is 11.4. The van der Waals surface area contributed by atoms with Gasteiger partial charge in [-0.15, -0.1) is 0 Å². The molecule has 0 atom stereocenters. The van der Waals surface area contributed by atoms with Crippen LogP contribution in [-0.4, -0.2) is 0 Å². The summed E-state index contributed by atoms with van der Waals surface area (Å²) in [5.74, 6) is 1.83. The van der Waals surface area contributed by atoms with E-state index in [2.05, 4.69) is 147 Å². The van der Waals surface area contributed by atoms with Crippen molar-refractivity contribution in [1.29, 1.82) is 0 Å². The predicted molar refractivity (Wildman–Crippen MR) is 175 cm³/mol. The monoisotopic (exact) mass is 536 g/mol. The molecule has 1 heteroatoms. The van der Waals surface area contributed by atoms with Crippen LogP contribution < -0.4 is 4.74 Å². The fourth-order valence-corrected chi connectivity index (χ4v) is 7.22. The van der Waals surface area contributed by atoms with Crippen molar-refractivity contribution in [2.45, 2.75) is 19.3 Å². The lowest BCUT2D eigenvalue weighted by molar-refractivity contribution is 0.487. The highest BCUT2D eigenvalue weighted by Crippen LogP contribution is 2.52. The van der Waals surface area contributed by atoms with Gasteiger partial charge in [-0.05, 0) is 109 Å². The van der Waals surface area contributed by atoms with Crippen molar-refractivity contribution in [3.63, 3.8) is 0 Å². The Kier molecular flexibility index (Phi) is 4.73. The second-order valence-electron chi connectivity index (χ2n) is 12.2. The van der Waals surface area contributed by atoms with Crippen molar-refractivity contribution in [1.82, 2.24) is 0 Å². The van der Waals surface area contributed by atoms with Gasteiger partial charge in [0, 0.05) is 16.4 Å². The van der Waals surface area contributed by atoms with E-state index < -0.39 is 0 Å². The van der Waals surface area contributed by atoms with Crippen LogP contribution in [0, 0.1) is 0 Å². The minimum atomic E-state index is -0.0745.